The summed E-state index contributed by atoms with van der Waals surface area (Å²) in [7, 11) is 0. The van der Waals surface area contributed by atoms with Gasteiger partial charge in [0.25, 0.3) is 11.9 Å². The molecular weight excluding hydrogens is 412 g/mol. The molecule has 2 N–H and O–H groups in total. The summed E-state index contributed by atoms with van der Waals surface area (Å²) in [4.78, 5) is 21.0. The van der Waals surface area contributed by atoms with Crippen LogP contribution >= 0.6 is 11.6 Å². The number of nitrogens with zero attached hydrogens (tertiary/aromatic N) is 4. The van der Waals surface area contributed by atoms with E-state index in [4.69, 9.17) is 11.6 Å². The third-order valence-corrected chi connectivity index (χ3v) is 5.27. The summed E-state index contributed by atoms with van der Waals surface area (Å²) < 4.78 is 1.71. The summed E-state index contributed by atoms with van der Waals surface area (Å²) in [5.74, 6) is 0.366. The zero-order chi connectivity index (χ0) is 21.2. The molecule has 2 aromatic carbocycles. The number of amides is 1. The highest BCUT2D eigenvalue weighted by molar-refractivity contribution is 6.31. The van der Waals surface area contributed by atoms with Gasteiger partial charge >= 0.3 is 0 Å². The monoisotopic (exact) mass is 428 g/mol. The van der Waals surface area contributed by atoms with Crippen molar-refractivity contribution >= 4 is 35.1 Å². The number of carbonyl (C=O) groups excluding carboxylic acids is 1. The first-order chi connectivity index (χ1) is 15.2. The fourth-order valence-corrected chi connectivity index (χ4v) is 3.69. The molecule has 2 aromatic heterocycles. The van der Waals surface area contributed by atoms with Crippen LogP contribution < -0.4 is 10.6 Å². The highest BCUT2D eigenvalue weighted by atomic mass is 35.5. The molecule has 1 atom stereocenters. The van der Waals surface area contributed by atoms with Crippen LogP contribution in [0.15, 0.2) is 85.2 Å². The van der Waals surface area contributed by atoms with E-state index in [1.807, 2.05) is 60.7 Å². The number of aromatic nitrogens is 4. The van der Waals surface area contributed by atoms with Gasteiger partial charge in [-0.15, -0.1) is 5.10 Å². The van der Waals surface area contributed by atoms with Crippen LogP contribution in [0.5, 0.6) is 0 Å². The van der Waals surface area contributed by atoms with Gasteiger partial charge in [0, 0.05) is 23.1 Å². The fraction of sp³-hybridized carbons (Fsp3) is 0.0435. The maximum atomic E-state index is 12.5. The molecule has 0 saturated heterocycles. The minimum atomic E-state index is -0.332. The summed E-state index contributed by atoms with van der Waals surface area (Å²) >= 11 is 6.50. The summed E-state index contributed by atoms with van der Waals surface area (Å²) in [6.07, 6.45) is 5.15. The van der Waals surface area contributed by atoms with Gasteiger partial charge in [-0.2, -0.15) is 4.98 Å². The Bertz CT molecular complexity index is 1270. The van der Waals surface area contributed by atoms with Crippen molar-refractivity contribution in [1.82, 2.24) is 19.7 Å². The maximum Gasteiger partial charge on any atom is 0.259 e. The van der Waals surface area contributed by atoms with Crippen LogP contribution in [-0.4, -0.2) is 25.7 Å². The van der Waals surface area contributed by atoms with Crippen molar-refractivity contribution in [2.24, 2.45) is 0 Å². The number of allylic oxidation sites excluding steroid dienone is 1. The minimum absolute atomic E-state index is 0.191. The van der Waals surface area contributed by atoms with E-state index in [1.165, 1.54) is 6.20 Å². The van der Waals surface area contributed by atoms with Gasteiger partial charge in [0.05, 0.1) is 5.56 Å². The molecule has 0 bridgehead atoms. The largest absolute Gasteiger partial charge is 0.324 e. The molecule has 152 valence electrons. The molecule has 5 rings (SSSR count). The smallest absolute Gasteiger partial charge is 0.259 e. The lowest BCUT2D eigenvalue weighted by molar-refractivity contribution is 0.102. The predicted octanol–water partition coefficient (Wildman–Crippen LogP) is 4.63. The first kappa shape index (κ1) is 19.0. The van der Waals surface area contributed by atoms with Crippen LogP contribution in [0.3, 0.4) is 0 Å². The van der Waals surface area contributed by atoms with Gasteiger partial charge in [-0.3, -0.25) is 15.1 Å². The van der Waals surface area contributed by atoms with Crippen molar-refractivity contribution in [3.63, 3.8) is 0 Å². The molecule has 1 amide bonds. The highest BCUT2D eigenvalue weighted by Gasteiger charge is 2.27. The first-order valence-electron chi connectivity index (χ1n) is 9.65. The van der Waals surface area contributed by atoms with Crippen LogP contribution in [0.4, 0.5) is 11.9 Å². The Balaban J connectivity index is 1.54. The molecule has 7 nitrogen and oxygen atoms in total. The van der Waals surface area contributed by atoms with Crippen molar-refractivity contribution in [3.8, 4) is 0 Å². The number of benzene rings is 2. The van der Waals surface area contributed by atoms with Gasteiger partial charge in [-0.05, 0) is 35.4 Å². The molecule has 0 fully saturated rings. The normalized spacial score (nSPS) is 14.9. The number of rotatable bonds is 4. The van der Waals surface area contributed by atoms with Gasteiger partial charge in [-0.1, -0.05) is 60.1 Å². The topological polar surface area (TPSA) is 84.7 Å². The first-order valence-corrected chi connectivity index (χ1v) is 10.0. The summed E-state index contributed by atoms with van der Waals surface area (Å²) in [6, 6.07) is 20.6. The van der Waals surface area contributed by atoms with Gasteiger partial charge in [0.2, 0.25) is 5.95 Å². The second-order valence-electron chi connectivity index (χ2n) is 6.94. The molecule has 0 unspecified atom stereocenters. The van der Waals surface area contributed by atoms with Crippen molar-refractivity contribution in [2.75, 3.05) is 10.6 Å². The number of anilines is 2. The number of nitrogens with one attached hydrogen (secondary N) is 2. The zero-order valence-electron chi connectivity index (χ0n) is 16.2. The molecule has 4 aromatic rings. The molecular formula is C23H17ClN6O. The Hall–Kier alpha value is -3.97. The van der Waals surface area contributed by atoms with Crippen LogP contribution in [0.2, 0.25) is 5.02 Å². The number of fused-ring (bicyclic) bond motifs is 1. The van der Waals surface area contributed by atoms with Crippen molar-refractivity contribution in [3.05, 3.63) is 107 Å². The molecule has 0 saturated carbocycles. The van der Waals surface area contributed by atoms with Gasteiger partial charge in [0.1, 0.15) is 6.04 Å². The van der Waals surface area contributed by atoms with E-state index in [0.29, 0.717) is 16.5 Å². The van der Waals surface area contributed by atoms with E-state index < -0.39 is 0 Å². The Labute approximate surface area is 183 Å². The van der Waals surface area contributed by atoms with Crippen LogP contribution in [-0.2, 0) is 0 Å². The van der Waals surface area contributed by atoms with Gasteiger partial charge in [-0.25, -0.2) is 4.68 Å². The lowest BCUT2D eigenvalue weighted by atomic mass is 10.0. The molecule has 0 spiro atoms. The van der Waals surface area contributed by atoms with E-state index in [2.05, 4.69) is 25.7 Å². The lowest BCUT2D eigenvalue weighted by Gasteiger charge is -2.24. The lowest BCUT2D eigenvalue weighted by Crippen LogP contribution is -2.20. The number of hydrogen-bond donors (Lipinski definition) is 2. The standard InChI is InChI=1S/C23H17ClN6O/c24-18-11-5-4-10-17(18)20-13-19(15-7-2-1-3-8-15)26-23-28-22(29-30(20)23)27-21(31)16-9-6-12-25-14-16/h1-14,20H,(H2,26,27,28,29,31)/t20-/m0/s1. The van der Waals surface area contributed by atoms with E-state index in [9.17, 15) is 4.79 Å². The Morgan fingerprint density at radius 1 is 1.03 bits per heavy atom. The predicted molar refractivity (Wildman–Crippen MR) is 120 cm³/mol. The number of pyridine rings is 1. The van der Waals surface area contributed by atoms with Crippen molar-refractivity contribution in [1.29, 1.82) is 0 Å². The van der Waals surface area contributed by atoms with Gasteiger partial charge < -0.3 is 5.32 Å². The average molecular weight is 429 g/mol. The highest BCUT2D eigenvalue weighted by Crippen LogP contribution is 2.35. The molecule has 3 heterocycles. The Kier molecular flexibility index (Phi) is 4.93. The molecule has 1 aliphatic rings. The minimum Gasteiger partial charge on any atom is -0.324 e. The van der Waals surface area contributed by atoms with Crippen LogP contribution in [0.25, 0.3) is 5.70 Å². The summed E-state index contributed by atoms with van der Waals surface area (Å²) in [5, 5.41) is 11.2. The third kappa shape index (κ3) is 3.78. The third-order valence-electron chi connectivity index (χ3n) is 4.92. The van der Waals surface area contributed by atoms with E-state index >= 15 is 0 Å². The summed E-state index contributed by atoms with van der Waals surface area (Å²) in [5.41, 5.74) is 3.20. The molecule has 0 aliphatic carbocycles. The van der Waals surface area contributed by atoms with E-state index in [1.54, 1.807) is 23.0 Å². The SMILES string of the molecule is O=C(Nc1nc2n(n1)[C@H](c1ccccc1Cl)C=C(c1ccccc1)N2)c1cccnc1. The quantitative estimate of drug-likeness (QED) is 0.495. The molecule has 31 heavy (non-hydrogen) atoms. The van der Waals surface area contributed by atoms with Gasteiger partial charge in [0.15, 0.2) is 0 Å². The maximum absolute atomic E-state index is 12.5. The van der Waals surface area contributed by atoms with Crippen LogP contribution in [0, 0.1) is 0 Å². The Morgan fingerprint density at radius 3 is 2.61 bits per heavy atom. The summed E-state index contributed by atoms with van der Waals surface area (Å²) in [6.45, 7) is 0. The number of hydrogen-bond acceptors (Lipinski definition) is 5. The number of halogens is 1. The second-order valence-corrected chi connectivity index (χ2v) is 7.34. The van der Waals surface area contributed by atoms with Crippen molar-refractivity contribution < 1.29 is 4.79 Å². The molecule has 0 radical (unpaired) electrons. The average Bonchev–Trinajstić information content (AvgIpc) is 3.22. The fourth-order valence-electron chi connectivity index (χ4n) is 3.44. The van der Waals surface area contributed by atoms with E-state index in [-0.39, 0.29) is 17.9 Å². The zero-order valence-corrected chi connectivity index (χ0v) is 17.0. The van der Waals surface area contributed by atoms with Crippen LogP contribution in [0.1, 0.15) is 27.5 Å². The molecule has 1 aliphatic heterocycles. The molecule has 8 heteroatoms. The second kappa shape index (κ2) is 8.04. The Morgan fingerprint density at radius 2 is 1.84 bits per heavy atom. The van der Waals surface area contributed by atoms with Crippen molar-refractivity contribution in [2.45, 2.75) is 6.04 Å². The number of carbonyl (C=O) groups is 1. The van der Waals surface area contributed by atoms with E-state index in [0.717, 1.165) is 16.8 Å².